The summed E-state index contributed by atoms with van der Waals surface area (Å²) in [6, 6.07) is 12.1. The number of methoxy groups -OCH3 is 1. The molecule has 1 amide bonds. The minimum absolute atomic E-state index is 0.0472. The molecule has 0 fully saturated rings. The minimum Gasteiger partial charge on any atom is -0.384 e. The van der Waals surface area contributed by atoms with Gasteiger partial charge in [0, 0.05) is 39.1 Å². The highest BCUT2D eigenvalue weighted by Crippen LogP contribution is 2.22. The Morgan fingerprint density at radius 2 is 2.00 bits per heavy atom. The Kier molecular flexibility index (Phi) is 7.13. The summed E-state index contributed by atoms with van der Waals surface area (Å²) < 4.78 is 5.14. The number of amides is 1. The Morgan fingerprint density at radius 1 is 1.32 bits per heavy atom. The average Bonchev–Trinajstić information content (AvgIpc) is 2.66. The van der Waals surface area contributed by atoms with E-state index in [0.717, 1.165) is 22.5 Å². The van der Waals surface area contributed by atoms with Gasteiger partial charge < -0.3 is 15.0 Å². The van der Waals surface area contributed by atoms with E-state index in [1.807, 2.05) is 63.1 Å². The van der Waals surface area contributed by atoms with E-state index >= 15 is 0 Å². The fourth-order valence-electron chi connectivity index (χ4n) is 3.01. The molecule has 28 heavy (non-hydrogen) atoms. The Hall–Kier alpha value is -2.91. The number of anilines is 1. The van der Waals surface area contributed by atoms with E-state index in [1.165, 1.54) is 0 Å². The van der Waals surface area contributed by atoms with Gasteiger partial charge in [-0.15, -0.1) is 0 Å². The fraction of sp³-hybridized carbons (Fsp3) is 0.409. The Morgan fingerprint density at radius 3 is 2.64 bits per heavy atom. The number of aryl methyl sites for hydroxylation is 1. The first-order valence-electron chi connectivity index (χ1n) is 9.20. The predicted octanol–water partition coefficient (Wildman–Crippen LogP) is 3.19. The van der Waals surface area contributed by atoms with E-state index in [-0.39, 0.29) is 5.91 Å². The van der Waals surface area contributed by atoms with Crippen LogP contribution in [-0.4, -0.2) is 31.7 Å². The molecule has 1 aromatic heterocycles. The highest BCUT2D eigenvalue weighted by atomic mass is 16.5. The quantitative estimate of drug-likeness (QED) is 0.761. The molecule has 148 valence electrons. The van der Waals surface area contributed by atoms with Crippen LogP contribution in [0.15, 0.2) is 36.5 Å². The molecule has 0 aliphatic carbocycles. The van der Waals surface area contributed by atoms with E-state index < -0.39 is 5.41 Å². The molecule has 0 atom stereocenters. The van der Waals surface area contributed by atoms with Crippen molar-refractivity contribution in [3.05, 3.63) is 58.9 Å². The van der Waals surface area contributed by atoms with Gasteiger partial charge in [0.25, 0.3) is 0 Å². The molecule has 0 saturated carbocycles. The van der Waals surface area contributed by atoms with Crippen LogP contribution in [0.25, 0.3) is 0 Å². The molecule has 2 rings (SSSR count). The molecule has 1 N–H and O–H groups in total. The van der Waals surface area contributed by atoms with Crippen LogP contribution in [0.1, 0.15) is 36.2 Å². The van der Waals surface area contributed by atoms with Crippen LogP contribution in [0.2, 0.25) is 0 Å². The van der Waals surface area contributed by atoms with Crippen LogP contribution in [0.5, 0.6) is 0 Å². The first kappa shape index (κ1) is 21.4. The van der Waals surface area contributed by atoms with Crippen molar-refractivity contribution in [3.63, 3.8) is 0 Å². The van der Waals surface area contributed by atoms with Crippen LogP contribution in [-0.2, 0) is 22.6 Å². The summed E-state index contributed by atoms with van der Waals surface area (Å²) in [6.45, 7) is 7.05. The molecule has 6 nitrogen and oxygen atoms in total. The van der Waals surface area contributed by atoms with Crippen molar-refractivity contribution >= 4 is 11.6 Å². The zero-order valence-corrected chi connectivity index (χ0v) is 17.2. The molecule has 0 aliphatic heterocycles. The number of aromatic nitrogens is 1. The van der Waals surface area contributed by atoms with Gasteiger partial charge in [-0.1, -0.05) is 24.3 Å². The highest BCUT2D eigenvalue weighted by molar-refractivity contribution is 5.81. The summed E-state index contributed by atoms with van der Waals surface area (Å²) >= 11 is 0. The van der Waals surface area contributed by atoms with Crippen LogP contribution >= 0.6 is 0 Å². The third-order valence-corrected chi connectivity index (χ3v) is 4.64. The first-order chi connectivity index (χ1) is 13.3. The van der Waals surface area contributed by atoms with Crippen molar-refractivity contribution in [1.29, 1.82) is 5.26 Å². The van der Waals surface area contributed by atoms with Gasteiger partial charge in [-0.3, -0.25) is 9.78 Å². The lowest BCUT2D eigenvalue weighted by Crippen LogP contribution is -2.39. The van der Waals surface area contributed by atoms with E-state index in [1.54, 1.807) is 13.3 Å². The molecule has 1 heterocycles. The third-order valence-electron chi connectivity index (χ3n) is 4.64. The van der Waals surface area contributed by atoms with Gasteiger partial charge in [0.05, 0.1) is 23.3 Å². The minimum atomic E-state index is -0.587. The smallest absolute Gasteiger partial charge is 0.228 e. The summed E-state index contributed by atoms with van der Waals surface area (Å²) in [6.07, 6.45) is 1.60. The maximum atomic E-state index is 12.5. The second-order valence-electron chi connectivity index (χ2n) is 7.58. The van der Waals surface area contributed by atoms with Crippen molar-refractivity contribution in [2.24, 2.45) is 5.41 Å². The molecular formula is C22H28N4O2. The maximum absolute atomic E-state index is 12.5. The van der Waals surface area contributed by atoms with E-state index in [9.17, 15) is 10.1 Å². The molecule has 0 aliphatic rings. The third kappa shape index (κ3) is 5.30. The van der Waals surface area contributed by atoms with Gasteiger partial charge in [0.1, 0.15) is 6.07 Å². The van der Waals surface area contributed by atoms with Crippen molar-refractivity contribution < 1.29 is 9.53 Å². The van der Waals surface area contributed by atoms with Crippen molar-refractivity contribution in [2.75, 3.05) is 25.7 Å². The molecule has 0 radical (unpaired) electrons. The summed E-state index contributed by atoms with van der Waals surface area (Å²) in [7, 11) is 3.54. The SMILES string of the molecule is COCC(C)(C)C(=O)NCc1ccccc1CN(C)c1cc(C)ncc1C#N. The number of pyridine rings is 1. The molecular weight excluding hydrogens is 352 g/mol. The van der Waals surface area contributed by atoms with Gasteiger partial charge in [0.2, 0.25) is 5.91 Å². The summed E-state index contributed by atoms with van der Waals surface area (Å²) in [5.41, 5.74) is 3.79. The zero-order valence-electron chi connectivity index (χ0n) is 17.2. The van der Waals surface area contributed by atoms with Crippen LogP contribution < -0.4 is 10.2 Å². The summed E-state index contributed by atoms with van der Waals surface area (Å²) in [5.74, 6) is -0.0472. The van der Waals surface area contributed by atoms with Crippen molar-refractivity contribution in [3.8, 4) is 6.07 Å². The normalized spacial score (nSPS) is 11.0. The fourth-order valence-corrected chi connectivity index (χ4v) is 3.01. The van der Waals surface area contributed by atoms with Crippen LogP contribution in [0.3, 0.4) is 0 Å². The lowest BCUT2D eigenvalue weighted by molar-refractivity contribution is -0.132. The molecule has 1 aromatic carbocycles. The predicted molar refractivity (Wildman–Crippen MR) is 110 cm³/mol. The Bertz CT molecular complexity index is 871. The number of ether oxygens (including phenoxy) is 1. The van der Waals surface area contributed by atoms with Crippen molar-refractivity contribution in [1.82, 2.24) is 10.3 Å². The lowest BCUT2D eigenvalue weighted by Gasteiger charge is -2.24. The van der Waals surface area contributed by atoms with Crippen molar-refractivity contribution in [2.45, 2.75) is 33.9 Å². The lowest BCUT2D eigenvalue weighted by atomic mass is 9.93. The van der Waals surface area contributed by atoms with Gasteiger partial charge in [0.15, 0.2) is 0 Å². The number of carbonyl (C=O) groups is 1. The second-order valence-corrected chi connectivity index (χ2v) is 7.58. The number of nitriles is 1. The number of carbonyl (C=O) groups excluding carboxylic acids is 1. The van der Waals surface area contributed by atoms with Crippen LogP contribution in [0.4, 0.5) is 5.69 Å². The van der Waals surface area contributed by atoms with Crippen LogP contribution in [0, 0.1) is 23.7 Å². The summed E-state index contributed by atoms with van der Waals surface area (Å²) in [5, 5.41) is 12.4. The average molecular weight is 380 g/mol. The van der Waals surface area contributed by atoms with E-state index in [0.29, 0.717) is 25.3 Å². The Balaban J connectivity index is 2.15. The zero-order chi connectivity index (χ0) is 20.7. The molecule has 2 aromatic rings. The van der Waals surface area contributed by atoms with Gasteiger partial charge in [-0.05, 0) is 38.0 Å². The highest BCUT2D eigenvalue weighted by Gasteiger charge is 2.27. The largest absolute Gasteiger partial charge is 0.384 e. The molecule has 0 spiro atoms. The second kappa shape index (κ2) is 9.34. The van der Waals surface area contributed by atoms with E-state index in [2.05, 4.69) is 16.4 Å². The molecule has 0 unspecified atom stereocenters. The molecule has 0 bridgehead atoms. The molecule has 6 heteroatoms. The standard InChI is InChI=1S/C22H28N4O2/c1-16-10-20(19(11-23)13-24-16)26(4)14-18-9-7-6-8-17(18)12-25-21(27)22(2,3)15-28-5/h6-10,13H,12,14-15H2,1-5H3,(H,25,27). The number of hydrogen-bond donors (Lipinski definition) is 1. The molecule has 0 saturated heterocycles. The monoisotopic (exact) mass is 380 g/mol. The number of nitrogens with one attached hydrogen (secondary N) is 1. The number of nitrogens with zero attached hydrogens (tertiary/aromatic N) is 3. The number of rotatable bonds is 8. The Labute approximate surface area is 167 Å². The van der Waals surface area contributed by atoms with Gasteiger partial charge >= 0.3 is 0 Å². The maximum Gasteiger partial charge on any atom is 0.228 e. The van der Waals surface area contributed by atoms with Gasteiger partial charge in [-0.2, -0.15) is 5.26 Å². The van der Waals surface area contributed by atoms with E-state index in [4.69, 9.17) is 4.74 Å². The summed E-state index contributed by atoms with van der Waals surface area (Å²) in [4.78, 5) is 18.7. The number of hydrogen-bond acceptors (Lipinski definition) is 5. The van der Waals surface area contributed by atoms with Gasteiger partial charge in [-0.25, -0.2) is 0 Å². The first-order valence-corrected chi connectivity index (χ1v) is 9.20. The topological polar surface area (TPSA) is 78.2 Å². The number of benzene rings is 1.